The molecule has 0 amide bonds. The highest BCUT2D eigenvalue weighted by Crippen LogP contribution is 2.24. The molecule has 0 aliphatic heterocycles. The third-order valence-corrected chi connectivity index (χ3v) is 2.20. The van der Waals surface area contributed by atoms with E-state index in [1.165, 1.54) is 12.1 Å². The van der Waals surface area contributed by atoms with Crippen LogP contribution in [0.2, 0.25) is 0 Å². The average molecular weight is 256 g/mol. The van der Waals surface area contributed by atoms with Gasteiger partial charge in [0.1, 0.15) is 5.75 Å². The zero-order valence-electron chi connectivity index (χ0n) is 9.82. The maximum Gasteiger partial charge on any atom is 0.297 e. The fourth-order valence-corrected chi connectivity index (χ4v) is 1.53. The molecule has 0 bridgehead atoms. The van der Waals surface area contributed by atoms with E-state index in [2.05, 4.69) is 9.97 Å². The molecule has 0 radical (unpaired) electrons. The van der Waals surface area contributed by atoms with Gasteiger partial charge in [-0.1, -0.05) is 0 Å². The number of fused-ring (bicyclic) bond motifs is 1. The van der Waals surface area contributed by atoms with Crippen LogP contribution >= 0.6 is 0 Å². The molecule has 0 fully saturated rings. The molecular weight excluding hydrogens is 245 g/mol. The van der Waals surface area contributed by atoms with Crippen LogP contribution in [0.5, 0.6) is 5.75 Å². The SMILES string of the molecule is CC(C)Oc1ccc2nc(C(F)F)nc(F)c2c1. The first-order valence-corrected chi connectivity index (χ1v) is 5.39. The molecule has 3 nitrogen and oxygen atoms in total. The normalized spacial score (nSPS) is 11.5. The minimum Gasteiger partial charge on any atom is -0.491 e. The topological polar surface area (TPSA) is 35.0 Å². The molecule has 2 rings (SSSR count). The standard InChI is InChI=1S/C12H11F3N2O/c1-6(2)18-7-3-4-9-8(5-7)11(15)17-12(16-9)10(13)14/h3-6,10H,1-2H3. The van der Waals surface area contributed by atoms with Gasteiger partial charge in [-0.2, -0.15) is 9.37 Å². The second-order valence-electron chi connectivity index (χ2n) is 4.02. The van der Waals surface area contributed by atoms with E-state index in [9.17, 15) is 13.2 Å². The first kappa shape index (κ1) is 12.6. The molecule has 0 saturated heterocycles. The van der Waals surface area contributed by atoms with Crippen LogP contribution in [0.3, 0.4) is 0 Å². The van der Waals surface area contributed by atoms with Crippen LogP contribution in [-0.4, -0.2) is 16.1 Å². The molecule has 0 unspecified atom stereocenters. The Morgan fingerprint density at radius 3 is 2.50 bits per heavy atom. The van der Waals surface area contributed by atoms with Crippen molar-refractivity contribution in [2.45, 2.75) is 26.4 Å². The number of hydrogen-bond acceptors (Lipinski definition) is 3. The van der Waals surface area contributed by atoms with Crippen LogP contribution in [-0.2, 0) is 0 Å². The van der Waals surface area contributed by atoms with E-state index in [1.807, 2.05) is 13.8 Å². The lowest BCUT2D eigenvalue weighted by Crippen LogP contribution is -2.06. The zero-order valence-corrected chi connectivity index (χ0v) is 9.82. The van der Waals surface area contributed by atoms with Gasteiger partial charge in [-0.05, 0) is 32.0 Å². The fourth-order valence-electron chi connectivity index (χ4n) is 1.53. The summed E-state index contributed by atoms with van der Waals surface area (Å²) in [5, 5.41) is 0.0672. The second-order valence-corrected chi connectivity index (χ2v) is 4.02. The fraction of sp³-hybridized carbons (Fsp3) is 0.333. The molecular formula is C12H11F3N2O. The van der Waals surface area contributed by atoms with Gasteiger partial charge in [0.05, 0.1) is 17.0 Å². The summed E-state index contributed by atoms with van der Waals surface area (Å²) < 4.78 is 43.8. The van der Waals surface area contributed by atoms with Crippen LogP contribution < -0.4 is 4.74 Å². The van der Waals surface area contributed by atoms with Gasteiger partial charge < -0.3 is 4.74 Å². The van der Waals surface area contributed by atoms with Crippen molar-refractivity contribution in [2.75, 3.05) is 0 Å². The number of nitrogens with zero attached hydrogens (tertiary/aromatic N) is 2. The van der Waals surface area contributed by atoms with E-state index < -0.39 is 18.2 Å². The summed E-state index contributed by atoms with van der Waals surface area (Å²) in [5.74, 6) is -1.33. The smallest absolute Gasteiger partial charge is 0.297 e. The lowest BCUT2D eigenvalue weighted by atomic mass is 10.2. The number of benzene rings is 1. The lowest BCUT2D eigenvalue weighted by molar-refractivity contribution is 0.139. The molecule has 1 aromatic heterocycles. The minimum absolute atomic E-state index is 0.0632. The van der Waals surface area contributed by atoms with Crippen molar-refractivity contribution in [2.24, 2.45) is 0 Å². The summed E-state index contributed by atoms with van der Waals surface area (Å²) in [6, 6.07) is 4.40. The number of hydrogen-bond donors (Lipinski definition) is 0. The van der Waals surface area contributed by atoms with Crippen LogP contribution in [0, 0.1) is 5.95 Å². The molecule has 0 aliphatic rings. The highest BCUT2D eigenvalue weighted by Gasteiger charge is 2.15. The van der Waals surface area contributed by atoms with Gasteiger partial charge >= 0.3 is 0 Å². The van der Waals surface area contributed by atoms with Crippen molar-refractivity contribution in [3.05, 3.63) is 30.0 Å². The Hall–Kier alpha value is -1.85. The largest absolute Gasteiger partial charge is 0.491 e. The predicted molar refractivity (Wildman–Crippen MR) is 60.2 cm³/mol. The molecule has 1 aromatic carbocycles. The third-order valence-electron chi connectivity index (χ3n) is 2.20. The molecule has 1 heterocycles. The highest BCUT2D eigenvalue weighted by molar-refractivity contribution is 5.79. The molecule has 2 aromatic rings. The first-order chi connectivity index (χ1) is 8.47. The maximum absolute atomic E-state index is 13.6. The number of alkyl halides is 2. The number of ether oxygens (including phenoxy) is 1. The predicted octanol–water partition coefficient (Wildman–Crippen LogP) is 3.49. The molecule has 6 heteroatoms. The minimum atomic E-state index is -2.89. The zero-order chi connectivity index (χ0) is 13.3. The Labute approximate surface area is 102 Å². The number of rotatable bonds is 3. The molecule has 96 valence electrons. The molecule has 0 spiro atoms. The van der Waals surface area contributed by atoms with Crippen molar-refractivity contribution in [3.8, 4) is 5.75 Å². The van der Waals surface area contributed by atoms with Crippen molar-refractivity contribution in [1.82, 2.24) is 9.97 Å². The summed E-state index contributed by atoms with van der Waals surface area (Å²) in [5.41, 5.74) is 0.133. The van der Waals surface area contributed by atoms with Crippen LogP contribution in [0.4, 0.5) is 13.2 Å². The molecule has 0 saturated carbocycles. The quantitative estimate of drug-likeness (QED) is 0.788. The van der Waals surface area contributed by atoms with Gasteiger partial charge in [0, 0.05) is 0 Å². The third kappa shape index (κ3) is 2.52. The summed E-state index contributed by atoms with van der Waals surface area (Å²) in [6.45, 7) is 3.66. The Morgan fingerprint density at radius 2 is 1.89 bits per heavy atom. The van der Waals surface area contributed by atoms with Crippen molar-refractivity contribution in [1.29, 1.82) is 0 Å². The van der Waals surface area contributed by atoms with Crippen molar-refractivity contribution < 1.29 is 17.9 Å². The average Bonchev–Trinajstić information content (AvgIpc) is 2.28. The second kappa shape index (κ2) is 4.80. The van der Waals surface area contributed by atoms with E-state index in [4.69, 9.17) is 4.74 Å². The Balaban J connectivity index is 2.51. The summed E-state index contributed by atoms with van der Waals surface area (Å²) in [4.78, 5) is 6.74. The number of aromatic nitrogens is 2. The summed E-state index contributed by atoms with van der Waals surface area (Å²) >= 11 is 0. The van der Waals surface area contributed by atoms with E-state index in [0.29, 0.717) is 5.75 Å². The van der Waals surface area contributed by atoms with Gasteiger partial charge in [-0.25, -0.2) is 13.8 Å². The molecule has 0 N–H and O–H groups in total. The molecule has 0 atom stereocenters. The van der Waals surface area contributed by atoms with Gasteiger partial charge in [-0.3, -0.25) is 0 Å². The van der Waals surface area contributed by atoms with E-state index in [0.717, 1.165) is 0 Å². The van der Waals surface area contributed by atoms with Crippen molar-refractivity contribution >= 4 is 10.9 Å². The van der Waals surface area contributed by atoms with Crippen LogP contribution in [0.1, 0.15) is 26.1 Å². The monoisotopic (exact) mass is 256 g/mol. The molecule has 18 heavy (non-hydrogen) atoms. The van der Waals surface area contributed by atoms with E-state index >= 15 is 0 Å². The summed E-state index contributed by atoms with van der Waals surface area (Å²) in [7, 11) is 0. The van der Waals surface area contributed by atoms with Gasteiger partial charge in [0.25, 0.3) is 6.43 Å². The Kier molecular flexibility index (Phi) is 3.36. The van der Waals surface area contributed by atoms with Crippen LogP contribution in [0.15, 0.2) is 18.2 Å². The Bertz CT molecular complexity index is 572. The van der Waals surface area contributed by atoms with Gasteiger partial charge in [0.15, 0.2) is 5.82 Å². The maximum atomic E-state index is 13.6. The Morgan fingerprint density at radius 1 is 1.17 bits per heavy atom. The molecule has 0 aliphatic carbocycles. The lowest BCUT2D eigenvalue weighted by Gasteiger charge is -2.10. The van der Waals surface area contributed by atoms with Crippen LogP contribution in [0.25, 0.3) is 10.9 Å². The van der Waals surface area contributed by atoms with E-state index in [-0.39, 0.29) is 17.0 Å². The summed E-state index contributed by atoms with van der Waals surface area (Å²) in [6.07, 6.45) is -2.96. The first-order valence-electron chi connectivity index (χ1n) is 5.39. The van der Waals surface area contributed by atoms with Gasteiger partial charge in [0.2, 0.25) is 5.95 Å². The number of halogens is 3. The highest BCUT2D eigenvalue weighted by atomic mass is 19.3. The van der Waals surface area contributed by atoms with Crippen molar-refractivity contribution in [3.63, 3.8) is 0 Å². The van der Waals surface area contributed by atoms with E-state index in [1.54, 1.807) is 6.07 Å². The van der Waals surface area contributed by atoms with Gasteiger partial charge in [-0.15, -0.1) is 0 Å².